The number of aliphatic hydroxyl groups is 2. The summed E-state index contributed by atoms with van der Waals surface area (Å²) in [4.78, 5) is 12.2. The lowest BCUT2D eigenvalue weighted by atomic mass is 10.0. The Morgan fingerprint density at radius 3 is 2.70 bits per heavy atom. The minimum Gasteiger partial charge on any atom is -0.388 e. The Bertz CT molecular complexity index is 960. The molecule has 0 bridgehead atoms. The van der Waals surface area contributed by atoms with Crippen molar-refractivity contribution in [2.75, 3.05) is 5.73 Å². The summed E-state index contributed by atoms with van der Waals surface area (Å²) in [7, 11) is 0. The van der Waals surface area contributed by atoms with Crippen LogP contribution in [-0.2, 0) is 4.74 Å². The molecule has 0 spiro atoms. The van der Waals surface area contributed by atoms with E-state index in [1.54, 1.807) is 4.57 Å². The number of nitrogens with one attached hydrogen (secondary N) is 1. The standard InChI is InChI=1S/C18H20N6O3/c19-11(10-4-2-1-3-5-10)6-7-12-14(25)15(26)18(27-12)24-9-23-13-16(20)21-8-22-17(13)24/h1-5,8-9,12,14-15,18-19,25-26H,6-7H2,(H2,20,21,22)/t12-,14-,15-,18-/m1/s1. The van der Waals surface area contributed by atoms with Crippen molar-refractivity contribution in [3.8, 4) is 0 Å². The molecule has 1 aliphatic rings. The van der Waals surface area contributed by atoms with Crippen molar-refractivity contribution < 1.29 is 14.9 Å². The number of nitrogens with two attached hydrogens (primary N) is 1. The summed E-state index contributed by atoms with van der Waals surface area (Å²) in [5.41, 5.74) is 7.92. The van der Waals surface area contributed by atoms with Crippen molar-refractivity contribution in [2.45, 2.75) is 37.4 Å². The summed E-state index contributed by atoms with van der Waals surface area (Å²) in [6, 6.07) is 9.39. The first kappa shape index (κ1) is 17.5. The normalized spacial score (nSPS) is 25.1. The zero-order valence-electron chi connectivity index (χ0n) is 14.4. The monoisotopic (exact) mass is 368 g/mol. The molecule has 2 aromatic heterocycles. The summed E-state index contributed by atoms with van der Waals surface area (Å²) >= 11 is 0. The zero-order valence-corrected chi connectivity index (χ0v) is 14.4. The van der Waals surface area contributed by atoms with E-state index >= 15 is 0 Å². The highest BCUT2D eigenvalue weighted by Gasteiger charge is 2.44. The lowest BCUT2D eigenvalue weighted by Crippen LogP contribution is -2.31. The molecule has 0 aliphatic carbocycles. The highest BCUT2D eigenvalue weighted by molar-refractivity contribution is 5.98. The van der Waals surface area contributed by atoms with Crippen LogP contribution in [0.15, 0.2) is 43.0 Å². The molecular weight excluding hydrogens is 348 g/mol. The van der Waals surface area contributed by atoms with Crippen molar-refractivity contribution in [3.63, 3.8) is 0 Å². The Hall–Kier alpha value is -2.88. The topological polar surface area (TPSA) is 143 Å². The van der Waals surface area contributed by atoms with Crippen LogP contribution >= 0.6 is 0 Å². The van der Waals surface area contributed by atoms with Crippen LogP contribution in [0.1, 0.15) is 24.6 Å². The molecule has 1 saturated heterocycles. The zero-order chi connectivity index (χ0) is 19.0. The van der Waals surface area contributed by atoms with Crippen LogP contribution in [0.4, 0.5) is 5.82 Å². The molecule has 3 heterocycles. The van der Waals surface area contributed by atoms with Gasteiger partial charge in [-0.15, -0.1) is 0 Å². The Morgan fingerprint density at radius 2 is 1.93 bits per heavy atom. The van der Waals surface area contributed by atoms with E-state index in [1.165, 1.54) is 12.7 Å². The fourth-order valence-electron chi connectivity index (χ4n) is 3.32. The van der Waals surface area contributed by atoms with E-state index < -0.39 is 24.5 Å². The fraction of sp³-hybridized carbons (Fsp3) is 0.333. The predicted molar refractivity (Wildman–Crippen MR) is 98.2 cm³/mol. The van der Waals surface area contributed by atoms with E-state index in [2.05, 4.69) is 15.0 Å². The smallest absolute Gasteiger partial charge is 0.167 e. The quantitative estimate of drug-likeness (QED) is 0.489. The minimum absolute atomic E-state index is 0.236. The first-order valence-electron chi connectivity index (χ1n) is 8.63. The SMILES string of the molecule is N=C(CC[C@H]1O[C@@H](n2cnc3c(N)ncnc32)[C@H](O)[C@@H]1O)c1ccccc1. The van der Waals surface area contributed by atoms with Gasteiger partial charge in [0.15, 0.2) is 17.7 Å². The van der Waals surface area contributed by atoms with Gasteiger partial charge in [0.05, 0.1) is 12.4 Å². The summed E-state index contributed by atoms with van der Waals surface area (Å²) in [5.74, 6) is 0.236. The Labute approximate surface area is 155 Å². The molecule has 0 radical (unpaired) electrons. The average Bonchev–Trinajstić information content (AvgIpc) is 3.23. The third-order valence-electron chi connectivity index (χ3n) is 4.80. The van der Waals surface area contributed by atoms with E-state index in [1.807, 2.05) is 30.3 Å². The number of aliphatic hydroxyl groups excluding tert-OH is 2. The second-order valence-electron chi connectivity index (χ2n) is 6.51. The summed E-state index contributed by atoms with van der Waals surface area (Å²) in [6.07, 6.45) is -0.0561. The molecule has 0 amide bonds. The molecule has 4 atom stereocenters. The largest absolute Gasteiger partial charge is 0.388 e. The second kappa shape index (κ2) is 7.03. The van der Waals surface area contributed by atoms with E-state index in [4.69, 9.17) is 15.9 Å². The van der Waals surface area contributed by atoms with Crippen LogP contribution < -0.4 is 5.73 Å². The molecule has 140 valence electrons. The van der Waals surface area contributed by atoms with Crippen molar-refractivity contribution in [1.29, 1.82) is 5.41 Å². The van der Waals surface area contributed by atoms with Gasteiger partial charge in [-0.1, -0.05) is 30.3 Å². The third-order valence-corrected chi connectivity index (χ3v) is 4.80. The Balaban J connectivity index is 1.49. The second-order valence-corrected chi connectivity index (χ2v) is 6.51. The van der Waals surface area contributed by atoms with Gasteiger partial charge in [-0.05, 0) is 18.4 Å². The maximum absolute atomic E-state index is 10.5. The minimum atomic E-state index is -1.14. The van der Waals surface area contributed by atoms with Gasteiger partial charge in [0.25, 0.3) is 0 Å². The molecule has 0 unspecified atom stereocenters. The number of imidazole rings is 1. The number of nitrogens with zero attached hydrogens (tertiary/aromatic N) is 4. The molecule has 9 heteroatoms. The van der Waals surface area contributed by atoms with Crippen LogP contribution in [-0.4, -0.2) is 53.8 Å². The van der Waals surface area contributed by atoms with E-state index in [0.717, 1.165) is 5.56 Å². The highest BCUT2D eigenvalue weighted by Crippen LogP contribution is 2.33. The summed E-state index contributed by atoms with van der Waals surface area (Å²) in [6.45, 7) is 0. The number of rotatable bonds is 5. The van der Waals surface area contributed by atoms with Crippen LogP contribution in [0, 0.1) is 5.41 Å². The number of aromatic nitrogens is 4. The van der Waals surface area contributed by atoms with Gasteiger partial charge in [-0.3, -0.25) is 4.57 Å². The lowest BCUT2D eigenvalue weighted by molar-refractivity contribution is -0.0363. The van der Waals surface area contributed by atoms with Crippen molar-refractivity contribution in [1.82, 2.24) is 19.5 Å². The molecule has 27 heavy (non-hydrogen) atoms. The first-order chi connectivity index (χ1) is 13.1. The molecule has 1 aromatic carbocycles. The van der Waals surface area contributed by atoms with E-state index in [-0.39, 0.29) is 5.82 Å². The van der Waals surface area contributed by atoms with Crippen molar-refractivity contribution in [2.24, 2.45) is 0 Å². The van der Waals surface area contributed by atoms with Gasteiger partial charge in [0, 0.05) is 5.71 Å². The average molecular weight is 368 g/mol. The van der Waals surface area contributed by atoms with Crippen LogP contribution in [0.3, 0.4) is 0 Å². The maximum atomic E-state index is 10.5. The number of nitrogen functional groups attached to an aromatic ring is 1. The lowest BCUT2D eigenvalue weighted by Gasteiger charge is -2.16. The molecular formula is C18H20N6O3. The summed E-state index contributed by atoms with van der Waals surface area (Å²) in [5, 5.41) is 29.0. The molecule has 3 aromatic rings. The molecule has 9 nitrogen and oxygen atoms in total. The van der Waals surface area contributed by atoms with Gasteiger partial charge in [0.1, 0.15) is 24.1 Å². The van der Waals surface area contributed by atoms with Gasteiger partial charge >= 0.3 is 0 Å². The van der Waals surface area contributed by atoms with Gasteiger partial charge < -0.3 is 26.1 Å². The molecule has 1 fully saturated rings. The number of hydrogen-bond donors (Lipinski definition) is 4. The molecule has 0 saturated carbocycles. The summed E-state index contributed by atoms with van der Waals surface area (Å²) < 4.78 is 7.44. The maximum Gasteiger partial charge on any atom is 0.167 e. The number of ether oxygens (including phenoxy) is 1. The molecule has 5 N–H and O–H groups in total. The Kier molecular flexibility index (Phi) is 4.56. The van der Waals surface area contributed by atoms with Gasteiger partial charge in [-0.25, -0.2) is 15.0 Å². The highest BCUT2D eigenvalue weighted by atomic mass is 16.6. The van der Waals surface area contributed by atoms with Crippen LogP contribution in [0.2, 0.25) is 0 Å². The van der Waals surface area contributed by atoms with Crippen molar-refractivity contribution >= 4 is 22.7 Å². The van der Waals surface area contributed by atoms with Gasteiger partial charge in [-0.2, -0.15) is 0 Å². The Morgan fingerprint density at radius 1 is 1.15 bits per heavy atom. The van der Waals surface area contributed by atoms with Crippen molar-refractivity contribution in [3.05, 3.63) is 48.5 Å². The van der Waals surface area contributed by atoms with E-state index in [0.29, 0.717) is 29.7 Å². The van der Waals surface area contributed by atoms with Gasteiger partial charge in [0.2, 0.25) is 0 Å². The fourth-order valence-corrected chi connectivity index (χ4v) is 3.32. The third kappa shape index (κ3) is 3.16. The number of hydrogen-bond acceptors (Lipinski definition) is 8. The predicted octanol–water partition coefficient (Wildman–Crippen LogP) is 0.876. The van der Waals surface area contributed by atoms with Crippen LogP contribution in [0.5, 0.6) is 0 Å². The number of fused-ring (bicyclic) bond motifs is 1. The van der Waals surface area contributed by atoms with Crippen LogP contribution in [0.25, 0.3) is 11.2 Å². The molecule has 4 rings (SSSR count). The van der Waals surface area contributed by atoms with E-state index in [9.17, 15) is 10.2 Å². The number of benzene rings is 1. The molecule has 1 aliphatic heterocycles. The first-order valence-corrected chi connectivity index (χ1v) is 8.63. The number of anilines is 1.